The van der Waals surface area contributed by atoms with E-state index in [1.54, 1.807) is 13.3 Å². The van der Waals surface area contributed by atoms with Crippen molar-refractivity contribution in [3.8, 4) is 17.6 Å². The minimum atomic E-state index is -1.26. The van der Waals surface area contributed by atoms with Crippen molar-refractivity contribution in [2.75, 3.05) is 33.4 Å². The van der Waals surface area contributed by atoms with Crippen LogP contribution in [0.3, 0.4) is 0 Å². The monoisotopic (exact) mass is 512 g/mol. The van der Waals surface area contributed by atoms with E-state index in [2.05, 4.69) is 21.7 Å². The highest BCUT2D eigenvalue weighted by atomic mass is 19.2. The maximum atomic E-state index is 13.8. The molecule has 5 nitrogen and oxygen atoms in total. The summed E-state index contributed by atoms with van der Waals surface area (Å²) in [5.41, 5.74) is 1.88. The fourth-order valence-electron chi connectivity index (χ4n) is 5.01. The number of ether oxygens (including phenoxy) is 1. The van der Waals surface area contributed by atoms with Crippen LogP contribution in [-0.4, -0.2) is 53.4 Å². The van der Waals surface area contributed by atoms with E-state index in [1.165, 1.54) is 0 Å². The molecule has 8 heteroatoms. The fourth-order valence-corrected chi connectivity index (χ4v) is 5.01. The third-order valence-electron chi connectivity index (χ3n) is 7.37. The molecule has 0 unspecified atom stereocenters. The van der Waals surface area contributed by atoms with E-state index >= 15 is 0 Å². The van der Waals surface area contributed by atoms with Crippen molar-refractivity contribution in [3.05, 3.63) is 70.7 Å². The van der Waals surface area contributed by atoms with Crippen LogP contribution in [0.15, 0.2) is 36.5 Å². The molecule has 0 saturated carbocycles. The van der Waals surface area contributed by atoms with Crippen molar-refractivity contribution < 1.29 is 28.1 Å². The summed E-state index contributed by atoms with van der Waals surface area (Å²) in [7, 11) is 1.60. The maximum absolute atomic E-state index is 13.8. The van der Waals surface area contributed by atoms with Crippen molar-refractivity contribution >= 4 is 10.9 Å². The number of aromatic nitrogens is 1. The highest BCUT2D eigenvalue weighted by molar-refractivity contribution is 5.84. The predicted octanol–water partition coefficient (Wildman–Crippen LogP) is 4.91. The number of aryl methyl sites for hydroxylation is 1. The number of pyridine rings is 1. The molecule has 4 rings (SSSR count). The van der Waals surface area contributed by atoms with Gasteiger partial charge in [-0.25, -0.2) is 13.2 Å². The van der Waals surface area contributed by atoms with Gasteiger partial charge in [-0.15, -0.1) is 0 Å². The lowest BCUT2D eigenvalue weighted by Crippen LogP contribution is -2.42. The lowest BCUT2D eigenvalue weighted by Gasteiger charge is -2.40. The van der Waals surface area contributed by atoms with Crippen LogP contribution in [0.5, 0.6) is 5.75 Å². The summed E-state index contributed by atoms with van der Waals surface area (Å²) in [5.74, 6) is 2.74. The number of halogens is 3. The normalized spacial score (nSPS) is 16.3. The van der Waals surface area contributed by atoms with Gasteiger partial charge in [-0.1, -0.05) is 11.8 Å². The molecule has 1 aliphatic rings. The molecule has 0 radical (unpaired) electrons. The Morgan fingerprint density at radius 3 is 2.62 bits per heavy atom. The Morgan fingerprint density at radius 2 is 1.92 bits per heavy atom. The fraction of sp³-hybridized carbons (Fsp3) is 0.414. The summed E-state index contributed by atoms with van der Waals surface area (Å²) in [6, 6.07) is 6.97. The maximum Gasteiger partial charge on any atom is 0.174 e. The van der Waals surface area contributed by atoms with Crippen LogP contribution in [0.1, 0.15) is 48.5 Å². The molecule has 3 aromatic rings. The van der Waals surface area contributed by atoms with Gasteiger partial charge in [-0.05, 0) is 86.5 Å². The Kier molecular flexibility index (Phi) is 8.38. The molecule has 37 heavy (non-hydrogen) atoms. The molecule has 2 aromatic carbocycles. The first kappa shape index (κ1) is 26.9. The quantitative estimate of drug-likeness (QED) is 0.348. The first-order valence-electron chi connectivity index (χ1n) is 12.3. The second-order valence-corrected chi connectivity index (χ2v) is 9.78. The molecule has 2 heterocycles. The molecule has 1 saturated heterocycles. The zero-order valence-electron chi connectivity index (χ0n) is 21.0. The Balaban J connectivity index is 1.38. The number of nitrogens with zero attached hydrogens (tertiary/aromatic N) is 2. The molecule has 196 valence electrons. The van der Waals surface area contributed by atoms with Gasteiger partial charge in [0.25, 0.3) is 0 Å². The number of likely N-dealkylation sites (tertiary alicyclic amines) is 1. The minimum Gasteiger partial charge on any atom is -0.497 e. The van der Waals surface area contributed by atoms with E-state index < -0.39 is 23.6 Å². The van der Waals surface area contributed by atoms with Gasteiger partial charge >= 0.3 is 0 Å². The Bertz CT molecular complexity index is 1330. The smallest absolute Gasteiger partial charge is 0.174 e. The highest BCUT2D eigenvalue weighted by Gasteiger charge is 2.34. The lowest BCUT2D eigenvalue weighted by atomic mass is 9.74. The molecular formula is C29H31F3N2O3. The van der Waals surface area contributed by atoms with Gasteiger partial charge in [0.15, 0.2) is 11.6 Å². The molecule has 2 N–H and O–H groups in total. The zero-order valence-corrected chi connectivity index (χ0v) is 21.0. The molecule has 1 aromatic heterocycles. The Hall–Kier alpha value is -3.12. The number of hydrogen-bond donors (Lipinski definition) is 2. The van der Waals surface area contributed by atoms with E-state index in [-0.39, 0.29) is 17.6 Å². The number of aliphatic hydroxyl groups is 2. The van der Waals surface area contributed by atoms with Crippen molar-refractivity contribution in [3.63, 3.8) is 0 Å². The van der Waals surface area contributed by atoms with Gasteiger partial charge in [0.2, 0.25) is 0 Å². The molecule has 0 bridgehead atoms. The van der Waals surface area contributed by atoms with Gasteiger partial charge in [0.1, 0.15) is 11.6 Å². The first-order chi connectivity index (χ1) is 17.7. The summed E-state index contributed by atoms with van der Waals surface area (Å²) in [4.78, 5) is 6.53. The van der Waals surface area contributed by atoms with Crippen LogP contribution in [-0.2, 0) is 0 Å². The summed E-state index contributed by atoms with van der Waals surface area (Å²) < 4.78 is 45.9. The van der Waals surface area contributed by atoms with Crippen molar-refractivity contribution in [1.82, 2.24) is 9.88 Å². The predicted molar refractivity (Wildman–Crippen MR) is 136 cm³/mol. The van der Waals surface area contributed by atoms with Crippen molar-refractivity contribution in [2.24, 2.45) is 5.41 Å². The minimum absolute atomic E-state index is 0.0108. The molecule has 1 atom stereocenters. The van der Waals surface area contributed by atoms with Crippen LogP contribution in [0.25, 0.3) is 10.9 Å². The first-order valence-corrected chi connectivity index (χ1v) is 12.3. The highest BCUT2D eigenvalue weighted by Crippen LogP contribution is 2.39. The zero-order chi connectivity index (χ0) is 26.6. The number of benzene rings is 2. The Morgan fingerprint density at radius 1 is 1.16 bits per heavy atom. The van der Waals surface area contributed by atoms with E-state index in [0.29, 0.717) is 57.1 Å². The summed E-state index contributed by atoms with van der Waals surface area (Å²) in [6.45, 7) is 3.60. The van der Waals surface area contributed by atoms with Crippen LogP contribution in [0.2, 0.25) is 0 Å². The number of piperidine rings is 1. The number of hydrogen-bond acceptors (Lipinski definition) is 5. The topological polar surface area (TPSA) is 65.8 Å². The summed E-state index contributed by atoms with van der Waals surface area (Å²) in [6.07, 6.45) is 3.60. The van der Waals surface area contributed by atoms with Gasteiger partial charge in [-0.2, -0.15) is 0 Å². The average Bonchev–Trinajstić information content (AvgIpc) is 2.90. The van der Waals surface area contributed by atoms with Crippen LogP contribution < -0.4 is 4.74 Å². The summed E-state index contributed by atoms with van der Waals surface area (Å²) >= 11 is 0. The Labute approximate surface area is 214 Å². The summed E-state index contributed by atoms with van der Waals surface area (Å²) in [5, 5.41) is 22.3. The molecular weight excluding hydrogens is 481 g/mol. The van der Waals surface area contributed by atoms with E-state index in [9.17, 15) is 23.4 Å². The number of methoxy groups -OCH3 is 1. The van der Waals surface area contributed by atoms with Crippen LogP contribution >= 0.6 is 0 Å². The molecule has 0 spiro atoms. The van der Waals surface area contributed by atoms with Crippen molar-refractivity contribution in [1.29, 1.82) is 0 Å². The third kappa shape index (κ3) is 6.07. The number of aliphatic hydroxyl groups excluding tert-OH is 2. The largest absolute Gasteiger partial charge is 0.497 e. The standard InChI is InChI=1S/C29H31F3N2O3/c1-19-17-33-25-6-5-22(37-2)16-23(25)27(19)26(36)7-8-29(18-35)9-12-34(13-10-29)11-3-4-20-14-21(30)15-24(31)28(20)32/h5-6,14-17,26,35-36H,7-13,18H2,1-2H3/t26-/m0/s1. The lowest BCUT2D eigenvalue weighted by molar-refractivity contribution is 0.0273. The SMILES string of the molecule is COc1ccc2ncc(C)c([C@@H](O)CCC3(CO)CCN(CC#Cc4cc(F)cc(F)c4F)CC3)c2c1. The molecule has 0 amide bonds. The van der Waals surface area contributed by atoms with Crippen LogP contribution in [0, 0.1) is 41.6 Å². The van der Waals surface area contributed by atoms with Crippen LogP contribution in [0.4, 0.5) is 13.2 Å². The molecule has 1 fully saturated rings. The van der Waals surface area contributed by atoms with E-state index in [1.807, 2.05) is 25.1 Å². The van der Waals surface area contributed by atoms with E-state index in [4.69, 9.17) is 4.74 Å². The van der Waals surface area contributed by atoms with E-state index in [0.717, 1.165) is 28.1 Å². The average molecular weight is 513 g/mol. The molecule has 1 aliphatic heterocycles. The second-order valence-electron chi connectivity index (χ2n) is 9.78. The van der Waals surface area contributed by atoms with Crippen molar-refractivity contribution in [2.45, 2.75) is 38.7 Å². The number of fused-ring (bicyclic) bond motifs is 1. The van der Waals surface area contributed by atoms with Gasteiger partial charge in [0, 0.05) is 24.3 Å². The van der Waals surface area contributed by atoms with Gasteiger partial charge < -0.3 is 14.9 Å². The van der Waals surface area contributed by atoms with Gasteiger partial charge in [0.05, 0.1) is 30.8 Å². The second kappa shape index (κ2) is 11.5. The third-order valence-corrected chi connectivity index (χ3v) is 7.37. The number of rotatable bonds is 7. The molecule has 0 aliphatic carbocycles. The van der Waals surface area contributed by atoms with Gasteiger partial charge in [-0.3, -0.25) is 9.88 Å².